The zero-order valence-electron chi connectivity index (χ0n) is 12.8. The van der Waals surface area contributed by atoms with Gasteiger partial charge in [0.15, 0.2) is 0 Å². The SMILES string of the molecule is CC(C)(C)[Si](Br)(Br)c1ccc([Si](Br)(Br)C(C)(C)C)cc1. The van der Waals surface area contributed by atoms with Gasteiger partial charge in [-0.3, -0.25) is 0 Å². The van der Waals surface area contributed by atoms with Crippen molar-refractivity contribution in [3.8, 4) is 0 Å². The molecule has 6 heteroatoms. The van der Waals surface area contributed by atoms with Crippen molar-refractivity contribution in [2.24, 2.45) is 0 Å². The van der Waals surface area contributed by atoms with E-state index < -0.39 is 10.6 Å². The smallest absolute Gasteiger partial charge is 0.104 e. The molecule has 0 saturated heterocycles. The van der Waals surface area contributed by atoms with Crippen LogP contribution in [0.4, 0.5) is 0 Å². The topological polar surface area (TPSA) is 0 Å². The summed E-state index contributed by atoms with van der Waals surface area (Å²) in [6, 6.07) is 9.08. The quantitative estimate of drug-likeness (QED) is 0.297. The van der Waals surface area contributed by atoms with Crippen LogP contribution in [-0.4, -0.2) is 10.6 Å². The highest BCUT2D eigenvalue weighted by molar-refractivity contribution is 9.52. The molecule has 1 aromatic carbocycles. The largest absolute Gasteiger partial charge is 0.235 e. The summed E-state index contributed by atoms with van der Waals surface area (Å²) in [5.41, 5.74) is 0. The van der Waals surface area contributed by atoms with Gasteiger partial charge in [0.1, 0.15) is 0 Å². The summed E-state index contributed by atoms with van der Waals surface area (Å²) in [5.74, 6) is 0. The van der Waals surface area contributed by atoms with Crippen molar-refractivity contribution in [3.05, 3.63) is 24.3 Å². The maximum atomic E-state index is 3.97. The molecule has 0 saturated carbocycles. The second-order valence-electron chi connectivity index (χ2n) is 7.23. The lowest BCUT2D eigenvalue weighted by Gasteiger charge is -2.35. The van der Waals surface area contributed by atoms with Crippen LogP contribution in [0.1, 0.15) is 41.5 Å². The monoisotopic (exact) mass is 562 g/mol. The number of halogens is 4. The molecule has 0 nitrogen and oxygen atoms in total. The second kappa shape index (κ2) is 6.23. The highest BCUT2D eigenvalue weighted by atomic mass is 79.9. The molecule has 0 unspecified atom stereocenters. The average Bonchev–Trinajstić information content (AvgIpc) is 2.26. The van der Waals surface area contributed by atoms with Crippen molar-refractivity contribution >= 4 is 82.2 Å². The Morgan fingerprint density at radius 3 is 0.950 bits per heavy atom. The summed E-state index contributed by atoms with van der Waals surface area (Å²) >= 11 is 15.9. The van der Waals surface area contributed by atoms with E-state index in [1.807, 2.05) is 0 Å². The van der Waals surface area contributed by atoms with E-state index in [0.29, 0.717) is 0 Å². The molecule has 1 rings (SSSR count). The van der Waals surface area contributed by atoms with E-state index in [-0.39, 0.29) is 10.1 Å². The molecule has 0 atom stereocenters. The summed E-state index contributed by atoms with van der Waals surface area (Å²) in [6.45, 7) is 13.7. The van der Waals surface area contributed by atoms with Crippen LogP contribution in [-0.2, 0) is 0 Å². The van der Waals surface area contributed by atoms with E-state index in [1.165, 1.54) is 10.4 Å². The third-order valence-electron chi connectivity index (χ3n) is 3.49. The van der Waals surface area contributed by atoms with E-state index in [0.717, 1.165) is 0 Å². The molecule has 0 aliphatic rings. The first kappa shape index (κ1) is 19.6. The van der Waals surface area contributed by atoms with Crippen LogP contribution >= 0.6 is 61.2 Å². The number of hydrogen-bond donors (Lipinski definition) is 0. The molecule has 20 heavy (non-hydrogen) atoms. The normalized spacial score (nSPS) is 14.5. The lowest BCUT2D eigenvalue weighted by Crippen LogP contribution is -2.47. The molecule has 0 heterocycles. The van der Waals surface area contributed by atoms with Crippen molar-refractivity contribution < 1.29 is 0 Å². The zero-order chi connectivity index (χ0) is 16.0. The Labute approximate surface area is 156 Å². The molecular formula is C14H22Br4Si2. The van der Waals surface area contributed by atoms with Gasteiger partial charge in [-0.1, -0.05) is 65.8 Å². The van der Waals surface area contributed by atoms with Gasteiger partial charge in [-0.2, -0.15) is 0 Å². The average molecular weight is 566 g/mol. The summed E-state index contributed by atoms with van der Waals surface area (Å²) in [4.78, 5) is 0. The molecule has 0 aromatic heterocycles. The fraction of sp³-hybridized carbons (Fsp3) is 0.571. The van der Waals surface area contributed by atoms with Crippen molar-refractivity contribution in [1.82, 2.24) is 0 Å². The lowest BCUT2D eigenvalue weighted by atomic mass is 10.2. The summed E-state index contributed by atoms with van der Waals surface area (Å²) in [7, 11) is 0. The molecule has 0 aliphatic heterocycles. The minimum Gasteiger partial charge on any atom is -0.104 e. The van der Waals surface area contributed by atoms with Crippen LogP contribution in [0, 0.1) is 0 Å². The number of rotatable bonds is 2. The van der Waals surface area contributed by atoms with Crippen LogP contribution in [0.25, 0.3) is 0 Å². The summed E-state index contributed by atoms with van der Waals surface area (Å²) in [6.07, 6.45) is 0. The van der Waals surface area contributed by atoms with Crippen LogP contribution in [0.3, 0.4) is 0 Å². The van der Waals surface area contributed by atoms with Crippen molar-refractivity contribution in [2.45, 2.75) is 51.6 Å². The summed E-state index contributed by atoms with van der Waals surface area (Å²) in [5, 5.41) is -0.398. The van der Waals surface area contributed by atoms with Gasteiger partial charge in [0.25, 0.3) is 0 Å². The van der Waals surface area contributed by atoms with Gasteiger partial charge in [-0.05, 0) is 20.4 Å². The van der Waals surface area contributed by atoms with Crippen LogP contribution in [0.5, 0.6) is 0 Å². The Bertz CT molecular complexity index is 422. The molecule has 1 aromatic rings. The fourth-order valence-electron chi connectivity index (χ4n) is 1.75. The molecule has 0 bridgehead atoms. The Morgan fingerprint density at radius 2 is 0.800 bits per heavy atom. The van der Waals surface area contributed by atoms with Crippen LogP contribution in [0.15, 0.2) is 24.3 Å². The van der Waals surface area contributed by atoms with E-state index in [2.05, 4.69) is 127 Å². The van der Waals surface area contributed by atoms with Crippen molar-refractivity contribution in [2.75, 3.05) is 0 Å². The molecule has 0 amide bonds. The molecule has 0 spiro atoms. The van der Waals surface area contributed by atoms with E-state index in [9.17, 15) is 0 Å². The van der Waals surface area contributed by atoms with Gasteiger partial charge in [0.2, 0.25) is 10.6 Å². The standard InChI is InChI=1S/C14H22Br4Si2/c1-13(2,3)19(15,16)11-7-9-12(10-8-11)20(17,18)14(4,5)6/h7-10H,1-6H3. The lowest BCUT2D eigenvalue weighted by molar-refractivity contribution is 0.752. The van der Waals surface area contributed by atoms with E-state index in [1.54, 1.807) is 0 Å². The first-order valence-corrected chi connectivity index (χ1v) is 19.6. The highest BCUT2D eigenvalue weighted by Gasteiger charge is 2.44. The molecule has 0 aliphatic carbocycles. The Kier molecular flexibility index (Phi) is 6.11. The zero-order valence-corrected chi connectivity index (χ0v) is 21.2. The Balaban J connectivity index is 3.20. The Morgan fingerprint density at radius 1 is 0.600 bits per heavy atom. The van der Waals surface area contributed by atoms with Crippen LogP contribution < -0.4 is 10.4 Å². The first-order chi connectivity index (χ1) is 8.71. The number of benzene rings is 1. The fourth-order valence-corrected chi connectivity index (χ4v) is 7.83. The first-order valence-electron chi connectivity index (χ1n) is 6.58. The minimum atomic E-state index is -1.80. The van der Waals surface area contributed by atoms with Gasteiger partial charge >= 0.3 is 0 Å². The molecule has 0 radical (unpaired) electrons. The van der Waals surface area contributed by atoms with Gasteiger partial charge in [-0.15, -0.1) is 61.2 Å². The van der Waals surface area contributed by atoms with Gasteiger partial charge in [0, 0.05) is 0 Å². The van der Waals surface area contributed by atoms with Crippen LogP contribution in [0.2, 0.25) is 10.1 Å². The maximum absolute atomic E-state index is 3.97. The van der Waals surface area contributed by atoms with Crippen molar-refractivity contribution in [1.29, 1.82) is 0 Å². The molecule has 114 valence electrons. The summed E-state index contributed by atoms with van der Waals surface area (Å²) < 4.78 is 0. The molecule has 0 N–H and O–H groups in total. The Hall–Kier alpha value is 1.57. The third-order valence-corrected chi connectivity index (χ3v) is 29.1. The van der Waals surface area contributed by atoms with E-state index >= 15 is 0 Å². The second-order valence-corrected chi connectivity index (χ2v) is 34.3. The van der Waals surface area contributed by atoms with Crippen molar-refractivity contribution in [3.63, 3.8) is 0 Å². The predicted octanol–water partition coefficient (Wildman–Crippen LogP) is 6.16. The van der Waals surface area contributed by atoms with E-state index in [4.69, 9.17) is 0 Å². The maximum Gasteiger partial charge on any atom is 0.235 e. The highest BCUT2D eigenvalue weighted by Crippen LogP contribution is 2.45. The van der Waals surface area contributed by atoms with Gasteiger partial charge < -0.3 is 0 Å². The number of hydrogen-bond acceptors (Lipinski definition) is 0. The minimum absolute atomic E-state index is 0.218. The predicted molar refractivity (Wildman–Crippen MR) is 112 cm³/mol. The molecule has 0 fully saturated rings. The van der Waals surface area contributed by atoms with Gasteiger partial charge in [0.05, 0.1) is 0 Å². The van der Waals surface area contributed by atoms with Gasteiger partial charge in [-0.25, -0.2) is 0 Å². The third kappa shape index (κ3) is 3.91. The molecular weight excluding hydrogens is 544 g/mol.